The van der Waals surface area contributed by atoms with Gasteiger partial charge in [0.2, 0.25) is 15.8 Å². The van der Waals surface area contributed by atoms with E-state index in [1.165, 1.54) is 4.31 Å². The molecular weight excluding hydrogens is 647 g/mol. The van der Waals surface area contributed by atoms with Crippen LogP contribution >= 0.6 is 0 Å². The minimum absolute atomic E-state index is 0.0225. The minimum atomic E-state index is -6.47. The molecule has 0 N–H and O–H groups in total. The van der Waals surface area contributed by atoms with E-state index in [0.29, 0.717) is 34.2 Å². The molecule has 0 spiro atoms. The van der Waals surface area contributed by atoms with Gasteiger partial charge in [0.25, 0.3) is 10.0 Å². The highest BCUT2D eigenvalue weighted by atomic mass is 32.3. The van der Waals surface area contributed by atoms with Crippen molar-refractivity contribution in [3.63, 3.8) is 0 Å². The third kappa shape index (κ3) is 6.70. The van der Waals surface area contributed by atoms with E-state index >= 15 is 0 Å². The molecule has 0 aromatic heterocycles. The minimum Gasteiger partial charge on any atom is -0.742 e. The standard InChI is InChI=1S/C27H40F2N2O8S4/c1-4-41(33,34)31-15-16-40(19-31)26(2,3)25(32)21-12-13-23(20-9-6-5-7-10-20)24(17-21)22-11-8-14-30(18-22)42(35,36)27(28,29)43(37,38)39/h12-13,17,20,22H,4-11,14-16,18-19H2,1-3H3. The second kappa shape index (κ2) is 12.6. The summed E-state index contributed by atoms with van der Waals surface area (Å²) in [5.74, 6) is 0.144. The van der Waals surface area contributed by atoms with Crippen LogP contribution in [0.1, 0.15) is 99.0 Å². The fourth-order valence-corrected chi connectivity index (χ4v) is 12.9. The number of Topliss-reactive ketones (excluding diaryl/α,β-unsaturated/α-hetero) is 1. The van der Waals surface area contributed by atoms with Gasteiger partial charge in [-0.2, -0.15) is 17.4 Å². The molecule has 2 saturated heterocycles. The van der Waals surface area contributed by atoms with E-state index < -0.39 is 62.9 Å². The van der Waals surface area contributed by atoms with Crippen LogP contribution in [0, 0.1) is 0 Å². The van der Waals surface area contributed by atoms with E-state index in [4.69, 9.17) is 0 Å². The van der Waals surface area contributed by atoms with Crippen LogP contribution in [0.25, 0.3) is 0 Å². The first-order chi connectivity index (χ1) is 19.8. The Hall–Kier alpha value is -1.17. The molecule has 0 radical (unpaired) electrons. The fraction of sp³-hybridized carbons (Fsp3) is 0.741. The van der Waals surface area contributed by atoms with E-state index in [1.54, 1.807) is 32.9 Å². The summed E-state index contributed by atoms with van der Waals surface area (Å²) in [6, 6.07) is 5.33. The lowest BCUT2D eigenvalue weighted by atomic mass is 9.77. The highest BCUT2D eigenvalue weighted by Gasteiger charge is 2.56. The maximum atomic E-state index is 14.4. The van der Waals surface area contributed by atoms with Crippen LogP contribution in [-0.2, 0) is 41.1 Å². The number of piperidine rings is 1. The van der Waals surface area contributed by atoms with Crippen LogP contribution in [-0.4, -0.2) is 90.6 Å². The molecule has 3 aliphatic rings. The van der Waals surface area contributed by atoms with Gasteiger partial charge in [-0.3, -0.25) is 4.79 Å². The number of sulfonamides is 2. The third-order valence-electron chi connectivity index (χ3n) is 9.06. The van der Waals surface area contributed by atoms with Crippen molar-refractivity contribution in [2.45, 2.75) is 86.9 Å². The summed E-state index contributed by atoms with van der Waals surface area (Å²) >= 11 is 0. The maximum Gasteiger partial charge on any atom is 0.447 e. The molecule has 2 heterocycles. The maximum absolute atomic E-state index is 14.4. The molecule has 1 saturated carbocycles. The number of carbonyl (C=O) groups is 1. The van der Waals surface area contributed by atoms with Crippen LogP contribution in [0.5, 0.6) is 0 Å². The van der Waals surface area contributed by atoms with Crippen molar-refractivity contribution in [2.75, 3.05) is 37.0 Å². The third-order valence-corrected chi connectivity index (χ3v) is 17.4. The number of rotatable bonds is 10. The molecule has 0 bridgehead atoms. The average Bonchev–Trinajstić information content (AvgIpc) is 3.49. The summed E-state index contributed by atoms with van der Waals surface area (Å²) in [6.45, 7) is 4.73. The predicted octanol–water partition coefficient (Wildman–Crippen LogP) is 3.54. The number of carbonyl (C=O) groups excluding carboxylic acids is 1. The van der Waals surface area contributed by atoms with Crippen molar-refractivity contribution in [1.82, 2.24) is 8.61 Å². The van der Waals surface area contributed by atoms with Crippen LogP contribution in [0.3, 0.4) is 0 Å². The molecular formula is C27H40F2N2O8S4. The average molecular weight is 687 g/mol. The van der Waals surface area contributed by atoms with Gasteiger partial charge in [0.1, 0.15) is 5.75 Å². The van der Waals surface area contributed by atoms with E-state index in [9.17, 15) is 43.4 Å². The van der Waals surface area contributed by atoms with Gasteiger partial charge in [0, 0.05) is 29.5 Å². The molecule has 2 aliphatic heterocycles. The van der Waals surface area contributed by atoms with E-state index in [-0.39, 0.29) is 36.3 Å². The SMILES string of the molecule is CCS(=O)(=O)N1CC[S+](C(C)(C)C(=O)c2ccc(C3CCCCC3)c(C3CCCN(S(=O)(=O)C(F)(F)S(=O)(=O)[O-])C3)c2)C1. The van der Waals surface area contributed by atoms with Gasteiger partial charge in [-0.25, -0.2) is 25.3 Å². The molecule has 1 aromatic carbocycles. The summed E-state index contributed by atoms with van der Waals surface area (Å²) in [5.41, 5.74) is 1.97. The second-order valence-electron chi connectivity index (χ2n) is 12.0. The van der Waals surface area contributed by atoms with Crippen molar-refractivity contribution in [3.05, 3.63) is 34.9 Å². The second-order valence-corrected chi connectivity index (χ2v) is 20.6. The van der Waals surface area contributed by atoms with Crippen molar-refractivity contribution in [3.8, 4) is 0 Å². The van der Waals surface area contributed by atoms with E-state index in [2.05, 4.69) is 0 Å². The topological polar surface area (TPSA) is 149 Å². The molecule has 4 rings (SSSR count). The summed E-state index contributed by atoms with van der Waals surface area (Å²) in [5, 5.41) is 0. The molecule has 2 atom stereocenters. The lowest BCUT2D eigenvalue weighted by molar-refractivity contribution is 0.0956. The Labute approximate surface area is 256 Å². The van der Waals surface area contributed by atoms with Crippen molar-refractivity contribution in [1.29, 1.82) is 0 Å². The van der Waals surface area contributed by atoms with Gasteiger partial charge in [0.15, 0.2) is 20.7 Å². The normalized spacial score (nSPS) is 24.3. The van der Waals surface area contributed by atoms with Gasteiger partial charge in [-0.1, -0.05) is 31.4 Å². The highest BCUT2D eigenvalue weighted by Crippen LogP contribution is 2.42. The smallest absolute Gasteiger partial charge is 0.447 e. The molecule has 3 fully saturated rings. The zero-order valence-corrected chi connectivity index (χ0v) is 27.9. The summed E-state index contributed by atoms with van der Waals surface area (Å²) in [6.07, 6.45) is 5.44. The Bertz CT molecular complexity index is 1540. The van der Waals surface area contributed by atoms with Gasteiger partial charge < -0.3 is 4.55 Å². The van der Waals surface area contributed by atoms with Crippen molar-refractivity contribution < 1.29 is 43.4 Å². The lowest BCUT2D eigenvalue weighted by Crippen LogP contribution is -2.50. The Morgan fingerprint density at radius 1 is 0.930 bits per heavy atom. The first kappa shape index (κ1) is 34.7. The molecule has 0 amide bonds. The van der Waals surface area contributed by atoms with Gasteiger partial charge in [-0.05, 0) is 75.5 Å². The van der Waals surface area contributed by atoms with Crippen LogP contribution < -0.4 is 0 Å². The summed E-state index contributed by atoms with van der Waals surface area (Å²) < 4.78 is 108. The molecule has 244 valence electrons. The Morgan fingerprint density at radius 2 is 1.56 bits per heavy atom. The Morgan fingerprint density at radius 3 is 2.16 bits per heavy atom. The van der Waals surface area contributed by atoms with E-state index in [1.807, 2.05) is 6.07 Å². The van der Waals surface area contributed by atoms with E-state index in [0.717, 1.165) is 37.7 Å². The number of hydrogen-bond acceptors (Lipinski definition) is 8. The van der Waals surface area contributed by atoms with Crippen LogP contribution in [0.2, 0.25) is 0 Å². The van der Waals surface area contributed by atoms with Gasteiger partial charge >= 0.3 is 4.59 Å². The van der Waals surface area contributed by atoms with Crippen LogP contribution in [0.15, 0.2) is 18.2 Å². The summed E-state index contributed by atoms with van der Waals surface area (Å²) in [7, 11) is -16.2. The highest BCUT2D eigenvalue weighted by molar-refractivity contribution is 8.06. The molecule has 1 aliphatic carbocycles. The number of halogens is 2. The Kier molecular flexibility index (Phi) is 10.1. The number of nitrogens with zero attached hydrogens (tertiary/aromatic N) is 2. The van der Waals surface area contributed by atoms with Crippen LogP contribution in [0.4, 0.5) is 8.78 Å². The van der Waals surface area contributed by atoms with Crippen molar-refractivity contribution >= 4 is 46.8 Å². The Balaban J connectivity index is 1.69. The first-order valence-electron chi connectivity index (χ1n) is 14.5. The molecule has 43 heavy (non-hydrogen) atoms. The molecule has 2 unspecified atom stereocenters. The number of hydrogen-bond donors (Lipinski definition) is 0. The fourth-order valence-electron chi connectivity index (χ4n) is 6.36. The summed E-state index contributed by atoms with van der Waals surface area (Å²) in [4.78, 5) is 14.0. The van der Waals surface area contributed by atoms with Gasteiger partial charge in [-0.15, -0.1) is 0 Å². The zero-order chi connectivity index (χ0) is 32.0. The lowest BCUT2D eigenvalue weighted by Gasteiger charge is -2.36. The van der Waals surface area contributed by atoms with Crippen molar-refractivity contribution in [2.24, 2.45) is 0 Å². The largest absolute Gasteiger partial charge is 0.742 e. The molecule has 10 nitrogen and oxygen atoms in total. The number of benzene rings is 1. The number of ketones is 1. The molecule has 16 heteroatoms. The van der Waals surface area contributed by atoms with Gasteiger partial charge in [0.05, 0.1) is 12.3 Å². The number of alkyl halides is 2. The monoisotopic (exact) mass is 686 g/mol. The zero-order valence-electron chi connectivity index (χ0n) is 24.6. The first-order valence-corrected chi connectivity index (χ1v) is 20.5. The molecule has 1 aromatic rings. The quantitative estimate of drug-likeness (QED) is 0.206. The predicted molar refractivity (Wildman–Crippen MR) is 161 cm³/mol.